The van der Waals surface area contributed by atoms with Crippen molar-refractivity contribution < 1.29 is 19.6 Å². The highest BCUT2D eigenvalue weighted by molar-refractivity contribution is 5.98. The number of carbonyl (C=O) groups is 1. The minimum Gasteiger partial charge on any atom is -0.490 e. The summed E-state index contributed by atoms with van der Waals surface area (Å²) in [6.45, 7) is 0.677. The molecule has 1 aliphatic heterocycles. The van der Waals surface area contributed by atoms with Crippen LogP contribution in [0, 0.1) is 10.1 Å². The van der Waals surface area contributed by atoms with Gasteiger partial charge in [-0.3, -0.25) is 14.9 Å². The number of β-amino-alcohol motifs (C(OH)–C–C–N with tert-alkyl or cyclic N) is 1. The molecular weight excluding hydrogens is 252 g/mol. The third-order valence-electron chi connectivity index (χ3n) is 3.08. The maximum atomic E-state index is 12.3. The SMILES string of the molecule is COc1c(C(=O)N2CCC(O)C2)cccc1[N+](=O)[O-]. The third kappa shape index (κ3) is 2.50. The molecule has 0 bridgehead atoms. The highest BCUT2D eigenvalue weighted by Crippen LogP contribution is 2.31. The van der Waals surface area contributed by atoms with E-state index in [1.54, 1.807) is 0 Å². The molecule has 1 heterocycles. The quantitative estimate of drug-likeness (QED) is 0.645. The number of hydrogen-bond acceptors (Lipinski definition) is 5. The Balaban J connectivity index is 2.36. The van der Waals surface area contributed by atoms with Gasteiger partial charge in [0.2, 0.25) is 5.75 Å². The van der Waals surface area contributed by atoms with Gasteiger partial charge in [0.05, 0.1) is 23.7 Å². The zero-order valence-electron chi connectivity index (χ0n) is 10.4. The number of aliphatic hydroxyl groups excluding tert-OH is 1. The van der Waals surface area contributed by atoms with Gasteiger partial charge in [-0.2, -0.15) is 0 Å². The van der Waals surface area contributed by atoms with Crippen LogP contribution in [0.5, 0.6) is 5.75 Å². The highest BCUT2D eigenvalue weighted by atomic mass is 16.6. The van der Waals surface area contributed by atoms with Crippen molar-refractivity contribution in [3.63, 3.8) is 0 Å². The molecule has 7 nitrogen and oxygen atoms in total. The van der Waals surface area contributed by atoms with Crippen molar-refractivity contribution in [3.05, 3.63) is 33.9 Å². The molecule has 0 radical (unpaired) electrons. The van der Waals surface area contributed by atoms with E-state index in [2.05, 4.69) is 0 Å². The first-order valence-electron chi connectivity index (χ1n) is 5.83. The van der Waals surface area contributed by atoms with Gasteiger partial charge in [0.15, 0.2) is 0 Å². The van der Waals surface area contributed by atoms with Crippen LogP contribution in [0.15, 0.2) is 18.2 Å². The van der Waals surface area contributed by atoms with Gasteiger partial charge in [-0.05, 0) is 12.5 Å². The molecule has 7 heteroatoms. The number of para-hydroxylation sites is 1. The van der Waals surface area contributed by atoms with Crippen LogP contribution in [0.3, 0.4) is 0 Å². The zero-order chi connectivity index (χ0) is 14.0. The van der Waals surface area contributed by atoms with Crippen LogP contribution in [0.4, 0.5) is 5.69 Å². The fourth-order valence-electron chi connectivity index (χ4n) is 2.15. The molecule has 0 spiro atoms. The summed E-state index contributed by atoms with van der Waals surface area (Å²) in [7, 11) is 1.29. The lowest BCUT2D eigenvalue weighted by Crippen LogP contribution is -2.29. The molecule has 1 aromatic carbocycles. The Bertz CT molecular complexity index is 517. The largest absolute Gasteiger partial charge is 0.490 e. The predicted molar refractivity (Wildman–Crippen MR) is 66.2 cm³/mol. The number of carbonyl (C=O) groups excluding carboxylic acids is 1. The molecule has 0 aliphatic carbocycles. The van der Waals surface area contributed by atoms with Crippen LogP contribution in [0.1, 0.15) is 16.8 Å². The molecule has 1 fully saturated rings. The number of amides is 1. The molecule has 1 saturated heterocycles. The van der Waals surface area contributed by atoms with Crippen LogP contribution in [0.2, 0.25) is 0 Å². The number of rotatable bonds is 3. The third-order valence-corrected chi connectivity index (χ3v) is 3.08. The predicted octanol–water partition coefficient (Wildman–Crippen LogP) is 0.810. The highest BCUT2D eigenvalue weighted by Gasteiger charge is 2.30. The van der Waals surface area contributed by atoms with E-state index in [0.29, 0.717) is 13.0 Å². The maximum Gasteiger partial charge on any atom is 0.311 e. The fourth-order valence-corrected chi connectivity index (χ4v) is 2.15. The van der Waals surface area contributed by atoms with Crippen molar-refractivity contribution in [3.8, 4) is 5.75 Å². The summed E-state index contributed by atoms with van der Waals surface area (Å²) in [4.78, 5) is 24.0. The molecule has 0 saturated carbocycles. The number of likely N-dealkylation sites (tertiary alicyclic amines) is 1. The maximum absolute atomic E-state index is 12.3. The van der Waals surface area contributed by atoms with Crippen molar-refractivity contribution in [2.24, 2.45) is 0 Å². The average molecular weight is 266 g/mol. The molecule has 1 unspecified atom stereocenters. The van der Waals surface area contributed by atoms with E-state index in [4.69, 9.17) is 4.74 Å². The first-order chi connectivity index (χ1) is 9.04. The molecule has 19 heavy (non-hydrogen) atoms. The molecule has 1 amide bonds. The summed E-state index contributed by atoms with van der Waals surface area (Å²) in [5.41, 5.74) is -0.0982. The average Bonchev–Trinajstić information content (AvgIpc) is 2.83. The molecule has 1 atom stereocenters. The van der Waals surface area contributed by atoms with E-state index in [1.165, 1.54) is 30.2 Å². The van der Waals surface area contributed by atoms with Gasteiger partial charge in [-0.25, -0.2) is 0 Å². The van der Waals surface area contributed by atoms with E-state index < -0.39 is 11.0 Å². The van der Waals surface area contributed by atoms with E-state index in [9.17, 15) is 20.0 Å². The lowest BCUT2D eigenvalue weighted by Gasteiger charge is -2.17. The smallest absolute Gasteiger partial charge is 0.311 e. The fraction of sp³-hybridized carbons (Fsp3) is 0.417. The summed E-state index contributed by atoms with van der Waals surface area (Å²) >= 11 is 0. The summed E-state index contributed by atoms with van der Waals surface area (Å²) in [6.07, 6.45) is -0.0168. The molecule has 1 aromatic rings. The Labute approximate surface area is 109 Å². The van der Waals surface area contributed by atoms with Gasteiger partial charge in [-0.1, -0.05) is 6.07 Å². The number of benzene rings is 1. The number of nitrogens with zero attached hydrogens (tertiary/aromatic N) is 2. The second-order valence-electron chi connectivity index (χ2n) is 4.31. The van der Waals surface area contributed by atoms with E-state index in [-0.39, 0.29) is 29.5 Å². The summed E-state index contributed by atoms with van der Waals surface area (Å²) < 4.78 is 4.99. The number of ether oxygens (including phenoxy) is 1. The monoisotopic (exact) mass is 266 g/mol. The Kier molecular flexibility index (Phi) is 3.66. The standard InChI is InChI=1S/C12H14N2O5/c1-19-11-9(3-2-4-10(11)14(17)18)12(16)13-6-5-8(15)7-13/h2-4,8,15H,5-7H2,1H3. The second-order valence-corrected chi connectivity index (χ2v) is 4.31. The molecular formula is C12H14N2O5. The molecule has 1 N–H and O–H groups in total. The summed E-state index contributed by atoms with van der Waals surface area (Å²) in [5, 5.41) is 20.3. The first kappa shape index (κ1) is 13.3. The van der Waals surface area contributed by atoms with E-state index in [0.717, 1.165) is 0 Å². The normalized spacial score (nSPS) is 18.4. The van der Waals surface area contributed by atoms with Crippen molar-refractivity contribution >= 4 is 11.6 Å². The Morgan fingerprint density at radius 2 is 2.32 bits per heavy atom. The molecule has 0 aromatic heterocycles. The zero-order valence-corrected chi connectivity index (χ0v) is 10.4. The van der Waals surface area contributed by atoms with Gasteiger partial charge in [0.25, 0.3) is 5.91 Å². The van der Waals surface area contributed by atoms with Crippen LogP contribution in [-0.4, -0.2) is 47.1 Å². The first-order valence-corrected chi connectivity index (χ1v) is 5.83. The van der Waals surface area contributed by atoms with Gasteiger partial charge in [-0.15, -0.1) is 0 Å². The minimum absolute atomic E-state index is 0.0427. The van der Waals surface area contributed by atoms with Gasteiger partial charge < -0.3 is 14.7 Å². The Hall–Kier alpha value is -2.15. The Morgan fingerprint density at radius 1 is 1.58 bits per heavy atom. The lowest BCUT2D eigenvalue weighted by molar-refractivity contribution is -0.385. The van der Waals surface area contributed by atoms with Crippen LogP contribution in [-0.2, 0) is 0 Å². The molecule has 102 valence electrons. The summed E-state index contributed by atoms with van der Waals surface area (Å²) in [6, 6.07) is 4.22. The van der Waals surface area contributed by atoms with Crippen molar-refractivity contribution in [1.82, 2.24) is 4.90 Å². The van der Waals surface area contributed by atoms with Crippen LogP contribution in [0.25, 0.3) is 0 Å². The van der Waals surface area contributed by atoms with E-state index >= 15 is 0 Å². The Morgan fingerprint density at radius 3 is 2.84 bits per heavy atom. The molecule has 2 rings (SSSR count). The van der Waals surface area contributed by atoms with Crippen molar-refractivity contribution in [2.75, 3.05) is 20.2 Å². The lowest BCUT2D eigenvalue weighted by atomic mass is 10.1. The number of hydrogen-bond donors (Lipinski definition) is 1. The molecule has 1 aliphatic rings. The number of aliphatic hydroxyl groups is 1. The van der Waals surface area contributed by atoms with Crippen LogP contribution >= 0.6 is 0 Å². The van der Waals surface area contributed by atoms with Crippen molar-refractivity contribution in [2.45, 2.75) is 12.5 Å². The van der Waals surface area contributed by atoms with Gasteiger partial charge >= 0.3 is 5.69 Å². The minimum atomic E-state index is -0.589. The number of methoxy groups -OCH3 is 1. The number of nitro benzene ring substituents is 1. The van der Waals surface area contributed by atoms with Gasteiger partial charge in [0.1, 0.15) is 0 Å². The van der Waals surface area contributed by atoms with Crippen LogP contribution < -0.4 is 4.74 Å². The number of nitro groups is 1. The topological polar surface area (TPSA) is 92.9 Å². The summed E-state index contributed by atoms with van der Waals surface area (Å²) in [5.74, 6) is -0.406. The van der Waals surface area contributed by atoms with Crippen molar-refractivity contribution in [1.29, 1.82) is 0 Å². The second kappa shape index (κ2) is 5.23. The van der Waals surface area contributed by atoms with Gasteiger partial charge in [0, 0.05) is 19.2 Å². The van der Waals surface area contributed by atoms with E-state index in [1.807, 2.05) is 0 Å².